The first-order valence-electron chi connectivity index (χ1n) is 6.16. The van der Waals surface area contributed by atoms with Gasteiger partial charge < -0.3 is 10.0 Å². The van der Waals surface area contributed by atoms with Crippen LogP contribution < -0.4 is 0 Å². The number of aliphatic hydroxyl groups is 1. The van der Waals surface area contributed by atoms with E-state index in [1.54, 1.807) is 12.1 Å². The number of hydrogen-bond donors (Lipinski definition) is 1. The van der Waals surface area contributed by atoms with Crippen LogP contribution in [0.3, 0.4) is 0 Å². The van der Waals surface area contributed by atoms with Gasteiger partial charge in [0.2, 0.25) is 0 Å². The minimum absolute atomic E-state index is 0.215. The molecule has 2 nitrogen and oxygen atoms in total. The third-order valence-electron chi connectivity index (χ3n) is 3.84. The van der Waals surface area contributed by atoms with E-state index in [0.717, 1.165) is 6.54 Å². The van der Waals surface area contributed by atoms with Gasteiger partial charge in [0, 0.05) is 19.0 Å². The van der Waals surface area contributed by atoms with E-state index in [0.29, 0.717) is 30.9 Å². The van der Waals surface area contributed by atoms with Crippen molar-refractivity contribution in [3.63, 3.8) is 0 Å². The van der Waals surface area contributed by atoms with Crippen molar-refractivity contribution >= 4 is 0 Å². The van der Waals surface area contributed by atoms with Crippen LogP contribution in [0.1, 0.15) is 25.3 Å². The van der Waals surface area contributed by atoms with Gasteiger partial charge in [-0.05, 0) is 38.4 Å². The van der Waals surface area contributed by atoms with Gasteiger partial charge in [0.1, 0.15) is 5.82 Å². The molecule has 1 aromatic carbocycles. The summed E-state index contributed by atoms with van der Waals surface area (Å²) in [4.78, 5) is 2.23. The molecule has 0 amide bonds. The van der Waals surface area contributed by atoms with Crippen LogP contribution in [0, 0.1) is 5.82 Å². The van der Waals surface area contributed by atoms with Crippen LogP contribution in [-0.4, -0.2) is 35.2 Å². The van der Waals surface area contributed by atoms with Crippen molar-refractivity contribution in [3.05, 3.63) is 35.6 Å². The van der Waals surface area contributed by atoms with E-state index in [4.69, 9.17) is 0 Å². The van der Waals surface area contributed by atoms with Gasteiger partial charge in [-0.1, -0.05) is 18.2 Å². The van der Waals surface area contributed by atoms with Gasteiger partial charge in [-0.25, -0.2) is 4.39 Å². The Balaban J connectivity index is 2.10. The monoisotopic (exact) mass is 237 g/mol. The standard InChI is InChI=1S/C14H20FNO/c1-11-9-14(17,7-8-16(11)2)10-12-5-3-4-6-13(12)15/h3-6,11,17H,7-10H2,1-2H3. The molecule has 0 spiro atoms. The average molecular weight is 237 g/mol. The second kappa shape index (κ2) is 4.75. The summed E-state index contributed by atoms with van der Waals surface area (Å²) >= 11 is 0. The second-order valence-electron chi connectivity index (χ2n) is 5.28. The fraction of sp³-hybridized carbons (Fsp3) is 0.571. The summed E-state index contributed by atoms with van der Waals surface area (Å²) < 4.78 is 13.6. The molecule has 3 heteroatoms. The van der Waals surface area contributed by atoms with Gasteiger partial charge in [-0.3, -0.25) is 0 Å². The molecule has 0 radical (unpaired) electrons. The summed E-state index contributed by atoms with van der Waals surface area (Å²) in [5.41, 5.74) is -0.138. The number of likely N-dealkylation sites (tertiary alicyclic amines) is 1. The molecule has 1 aliphatic heterocycles. The van der Waals surface area contributed by atoms with Crippen LogP contribution in [0.5, 0.6) is 0 Å². The lowest BCUT2D eigenvalue weighted by molar-refractivity contribution is -0.0358. The molecule has 1 aromatic rings. The van der Waals surface area contributed by atoms with Crippen LogP contribution >= 0.6 is 0 Å². The topological polar surface area (TPSA) is 23.5 Å². The summed E-state index contributed by atoms with van der Waals surface area (Å²) in [5.74, 6) is -0.215. The number of benzene rings is 1. The van der Waals surface area contributed by atoms with Gasteiger partial charge in [0.25, 0.3) is 0 Å². The first-order chi connectivity index (χ1) is 8.00. The molecule has 94 valence electrons. The zero-order chi connectivity index (χ0) is 12.5. The predicted molar refractivity (Wildman–Crippen MR) is 66.4 cm³/mol. The minimum Gasteiger partial charge on any atom is -0.389 e. The maximum atomic E-state index is 13.6. The van der Waals surface area contributed by atoms with Gasteiger partial charge in [0.15, 0.2) is 0 Å². The van der Waals surface area contributed by atoms with E-state index in [1.165, 1.54) is 6.07 Å². The number of rotatable bonds is 2. The van der Waals surface area contributed by atoms with E-state index < -0.39 is 5.60 Å². The highest BCUT2D eigenvalue weighted by atomic mass is 19.1. The van der Waals surface area contributed by atoms with Gasteiger partial charge in [-0.15, -0.1) is 0 Å². The Morgan fingerprint density at radius 1 is 1.47 bits per heavy atom. The summed E-state index contributed by atoms with van der Waals surface area (Å²) in [5, 5.41) is 10.5. The van der Waals surface area contributed by atoms with Crippen molar-refractivity contribution in [2.45, 2.75) is 37.8 Å². The highest BCUT2D eigenvalue weighted by Gasteiger charge is 2.35. The minimum atomic E-state index is -0.756. The molecule has 0 bridgehead atoms. The molecule has 1 saturated heterocycles. The van der Waals surface area contributed by atoms with Crippen LogP contribution in [-0.2, 0) is 6.42 Å². The summed E-state index contributed by atoms with van der Waals surface area (Å²) in [6, 6.07) is 7.06. The van der Waals surface area contributed by atoms with Gasteiger partial charge in [-0.2, -0.15) is 0 Å². The molecule has 2 rings (SSSR count). The fourth-order valence-corrected chi connectivity index (χ4v) is 2.57. The van der Waals surface area contributed by atoms with E-state index in [1.807, 2.05) is 6.07 Å². The second-order valence-corrected chi connectivity index (χ2v) is 5.28. The lowest BCUT2D eigenvalue weighted by atomic mass is 9.82. The number of hydrogen-bond acceptors (Lipinski definition) is 2. The highest BCUT2D eigenvalue weighted by molar-refractivity contribution is 5.19. The Morgan fingerprint density at radius 3 is 2.82 bits per heavy atom. The molecule has 17 heavy (non-hydrogen) atoms. The predicted octanol–water partition coefficient (Wildman–Crippen LogP) is 2.21. The van der Waals surface area contributed by atoms with E-state index >= 15 is 0 Å². The lowest BCUT2D eigenvalue weighted by Gasteiger charge is -2.41. The average Bonchev–Trinajstić information content (AvgIpc) is 2.28. The molecular formula is C14H20FNO. The van der Waals surface area contributed by atoms with Crippen LogP contribution in [0.25, 0.3) is 0 Å². The van der Waals surface area contributed by atoms with Gasteiger partial charge >= 0.3 is 0 Å². The summed E-state index contributed by atoms with van der Waals surface area (Å²) in [6.45, 7) is 2.97. The van der Waals surface area contributed by atoms with Crippen LogP contribution in [0.2, 0.25) is 0 Å². The van der Waals surface area contributed by atoms with Gasteiger partial charge in [0.05, 0.1) is 5.60 Å². The maximum Gasteiger partial charge on any atom is 0.126 e. The molecule has 0 aliphatic carbocycles. The number of piperidine rings is 1. The fourth-order valence-electron chi connectivity index (χ4n) is 2.57. The van der Waals surface area contributed by atoms with Crippen molar-refractivity contribution in [2.24, 2.45) is 0 Å². The largest absolute Gasteiger partial charge is 0.389 e. The van der Waals surface area contributed by atoms with Crippen LogP contribution in [0.4, 0.5) is 4.39 Å². The van der Waals surface area contributed by atoms with E-state index in [-0.39, 0.29) is 5.82 Å². The number of nitrogens with zero attached hydrogens (tertiary/aromatic N) is 1. The molecule has 2 unspecified atom stereocenters. The lowest BCUT2D eigenvalue weighted by Crippen LogP contribution is -2.48. The zero-order valence-electron chi connectivity index (χ0n) is 10.5. The van der Waals surface area contributed by atoms with Crippen molar-refractivity contribution < 1.29 is 9.50 Å². The normalized spacial score (nSPS) is 30.5. The molecule has 1 fully saturated rings. The molecule has 1 N–H and O–H groups in total. The third-order valence-corrected chi connectivity index (χ3v) is 3.84. The highest BCUT2D eigenvalue weighted by Crippen LogP contribution is 2.29. The maximum absolute atomic E-state index is 13.6. The molecule has 1 heterocycles. The quantitative estimate of drug-likeness (QED) is 0.852. The molecule has 0 saturated carbocycles. The third kappa shape index (κ3) is 2.85. The van der Waals surface area contributed by atoms with E-state index in [2.05, 4.69) is 18.9 Å². The Hall–Kier alpha value is -0.930. The first kappa shape index (κ1) is 12.5. The Labute approximate surface area is 102 Å². The van der Waals surface area contributed by atoms with Crippen molar-refractivity contribution in [2.75, 3.05) is 13.6 Å². The zero-order valence-corrected chi connectivity index (χ0v) is 10.5. The first-order valence-corrected chi connectivity index (χ1v) is 6.16. The smallest absolute Gasteiger partial charge is 0.126 e. The summed E-state index contributed by atoms with van der Waals surface area (Å²) in [7, 11) is 2.06. The molecule has 1 aliphatic rings. The molecule has 2 atom stereocenters. The van der Waals surface area contributed by atoms with Crippen molar-refractivity contribution in [1.82, 2.24) is 4.90 Å². The van der Waals surface area contributed by atoms with Crippen molar-refractivity contribution in [3.8, 4) is 0 Å². The SMILES string of the molecule is CC1CC(O)(Cc2ccccc2F)CCN1C. The summed E-state index contributed by atoms with van der Waals surface area (Å²) in [6.07, 6.45) is 1.83. The van der Waals surface area contributed by atoms with Crippen molar-refractivity contribution in [1.29, 1.82) is 0 Å². The number of halogens is 1. The van der Waals surface area contributed by atoms with E-state index in [9.17, 15) is 9.50 Å². The Morgan fingerprint density at radius 2 is 2.18 bits per heavy atom. The Kier molecular flexibility index (Phi) is 3.50. The molecule has 0 aromatic heterocycles. The van der Waals surface area contributed by atoms with Crippen LogP contribution in [0.15, 0.2) is 24.3 Å². The Bertz CT molecular complexity index is 396. The molecular weight excluding hydrogens is 217 g/mol.